The van der Waals surface area contributed by atoms with Crippen LogP contribution in [0.4, 0.5) is 5.69 Å². The van der Waals surface area contributed by atoms with Crippen LogP contribution in [0, 0.1) is 5.41 Å². The van der Waals surface area contributed by atoms with Crippen LogP contribution in [-0.4, -0.2) is 26.8 Å². The third-order valence-electron chi connectivity index (χ3n) is 4.24. The van der Waals surface area contributed by atoms with Gasteiger partial charge in [-0.2, -0.15) is 5.10 Å². The van der Waals surface area contributed by atoms with E-state index in [4.69, 9.17) is 5.11 Å². The molecule has 0 aromatic carbocycles. The molecule has 1 aromatic heterocycles. The summed E-state index contributed by atoms with van der Waals surface area (Å²) in [5, 5.41) is 16.3. The summed E-state index contributed by atoms with van der Waals surface area (Å²) in [6.45, 7) is 1.99. The summed E-state index contributed by atoms with van der Waals surface area (Å²) in [5.74, 6) is -0.929. The molecule has 0 aliphatic heterocycles. The lowest BCUT2D eigenvalue weighted by molar-refractivity contribution is -0.140. The number of hydrogen-bond donors (Lipinski definition) is 2. The number of aryl methyl sites for hydroxylation is 2. The lowest BCUT2D eigenvalue weighted by Gasteiger charge is -2.26. The summed E-state index contributed by atoms with van der Waals surface area (Å²) >= 11 is 0. The predicted molar refractivity (Wildman–Crippen MR) is 79.0 cm³/mol. The van der Waals surface area contributed by atoms with Crippen molar-refractivity contribution in [2.75, 3.05) is 5.32 Å². The highest BCUT2D eigenvalue weighted by Gasteiger charge is 2.38. The monoisotopic (exact) mass is 293 g/mol. The van der Waals surface area contributed by atoms with Crippen molar-refractivity contribution >= 4 is 17.6 Å². The first-order valence-corrected chi connectivity index (χ1v) is 7.48. The highest BCUT2D eigenvalue weighted by atomic mass is 16.4. The summed E-state index contributed by atoms with van der Waals surface area (Å²) < 4.78 is 1.68. The summed E-state index contributed by atoms with van der Waals surface area (Å²) in [7, 11) is 1.82. The number of carbonyl (C=O) groups excluding carboxylic acids is 1. The third-order valence-corrected chi connectivity index (χ3v) is 4.24. The van der Waals surface area contributed by atoms with Crippen molar-refractivity contribution in [3.05, 3.63) is 11.9 Å². The van der Waals surface area contributed by atoms with Crippen molar-refractivity contribution in [3.8, 4) is 0 Å². The fourth-order valence-corrected chi connectivity index (χ4v) is 3.30. The molecule has 21 heavy (non-hydrogen) atoms. The molecule has 2 N–H and O–H groups in total. The number of anilines is 1. The first kappa shape index (κ1) is 15.5. The molecule has 1 aromatic rings. The summed E-state index contributed by atoms with van der Waals surface area (Å²) in [6, 6.07) is 0. The average molecular weight is 293 g/mol. The second kappa shape index (κ2) is 6.28. The molecule has 1 fully saturated rings. The molecule has 0 spiro atoms. The molecule has 0 atom stereocenters. The number of hydrogen-bond acceptors (Lipinski definition) is 3. The number of carboxylic acid groups (broad SMARTS) is 1. The van der Waals surface area contributed by atoms with Crippen LogP contribution in [-0.2, 0) is 23.1 Å². The van der Waals surface area contributed by atoms with E-state index in [-0.39, 0.29) is 24.2 Å². The van der Waals surface area contributed by atoms with Crippen molar-refractivity contribution in [1.29, 1.82) is 0 Å². The topological polar surface area (TPSA) is 84.2 Å². The second-order valence-corrected chi connectivity index (χ2v) is 6.02. The maximum atomic E-state index is 12.3. The van der Waals surface area contributed by atoms with Gasteiger partial charge in [0.25, 0.3) is 0 Å². The number of amides is 1. The van der Waals surface area contributed by atoms with Gasteiger partial charge in [0.1, 0.15) is 0 Å². The first-order valence-electron chi connectivity index (χ1n) is 7.48. The molecule has 1 heterocycles. The molecule has 0 unspecified atom stereocenters. The van der Waals surface area contributed by atoms with Gasteiger partial charge in [-0.05, 0) is 24.7 Å². The van der Waals surface area contributed by atoms with Crippen LogP contribution in [0.25, 0.3) is 0 Å². The lowest BCUT2D eigenvalue weighted by Crippen LogP contribution is -2.27. The van der Waals surface area contributed by atoms with Crippen molar-refractivity contribution in [2.45, 2.75) is 51.9 Å². The van der Waals surface area contributed by atoms with Crippen molar-refractivity contribution < 1.29 is 14.7 Å². The lowest BCUT2D eigenvalue weighted by atomic mass is 9.79. The number of nitrogens with one attached hydrogen (secondary N) is 1. The Balaban J connectivity index is 2.04. The van der Waals surface area contributed by atoms with Crippen LogP contribution in [0.1, 0.15) is 51.1 Å². The third kappa shape index (κ3) is 3.83. The van der Waals surface area contributed by atoms with Gasteiger partial charge in [0.2, 0.25) is 5.91 Å². The van der Waals surface area contributed by atoms with E-state index in [1.54, 1.807) is 10.9 Å². The van der Waals surface area contributed by atoms with E-state index in [1.165, 1.54) is 0 Å². The molecule has 116 valence electrons. The average Bonchev–Trinajstić information content (AvgIpc) is 2.95. The van der Waals surface area contributed by atoms with Crippen molar-refractivity contribution in [2.24, 2.45) is 12.5 Å². The van der Waals surface area contributed by atoms with Crippen LogP contribution in [0.15, 0.2) is 6.20 Å². The first-order chi connectivity index (χ1) is 9.94. The maximum absolute atomic E-state index is 12.3. The van der Waals surface area contributed by atoms with E-state index in [2.05, 4.69) is 10.4 Å². The molecule has 2 rings (SSSR count). The van der Waals surface area contributed by atoms with Gasteiger partial charge in [0.15, 0.2) is 0 Å². The van der Waals surface area contributed by atoms with E-state index < -0.39 is 5.97 Å². The van der Waals surface area contributed by atoms with Crippen LogP contribution in [0.2, 0.25) is 0 Å². The summed E-state index contributed by atoms with van der Waals surface area (Å²) in [4.78, 5) is 23.4. The zero-order valence-corrected chi connectivity index (χ0v) is 12.7. The Morgan fingerprint density at radius 1 is 1.38 bits per heavy atom. The summed E-state index contributed by atoms with van der Waals surface area (Å²) in [6.07, 6.45) is 6.54. The molecule has 0 saturated heterocycles. The molecule has 1 amide bonds. The van der Waals surface area contributed by atoms with Crippen LogP contribution < -0.4 is 5.32 Å². The van der Waals surface area contributed by atoms with Crippen LogP contribution >= 0.6 is 0 Å². The van der Waals surface area contributed by atoms with Crippen molar-refractivity contribution in [1.82, 2.24) is 9.78 Å². The minimum atomic E-state index is -0.819. The molecule has 6 nitrogen and oxygen atoms in total. The van der Waals surface area contributed by atoms with Crippen molar-refractivity contribution in [3.63, 3.8) is 0 Å². The molecular formula is C15H23N3O3. The van der Waals surface area contributed by atoms with Gasteiger partial charge in [-0.3, -0.25) is 14.3 Å². The number of aliphatic carboxylic acids is 1. The number of rotatable bonds is 6. The van der Waals surface area contributed by atoms with Crippen LogP contribution in [0.3, 0.4) is 0 Å². The molecule has 0 radical (unpaired) electrons. The Labute approximate surface area is 124 Å². The maximum Gasteiger partial charge on any atom is 0.303 e. The minimum Gasteiger partial charge on any atom is -0.481 e. The van der Waals surface area contributed by atoms with E-state index >= 15 is 0 Å². The largest absolute Gasteiger partial charge is 0.481 e. The van der Waals surface area contributed by atoms with Gasteiger partial charge in [-0.1, -0.05) is 19.8 Å². The molecule has 6 heteroatoms. The predicted octanol–water partition coefficient (Wildman–Crippen LogP) is 2.35. The normalized spacial score (nSPS) is 16.9. The zero-order valence-electron chi connectivity index (χ0n) is 12.7. The SMILES string of the molecule is CCc1nn(C)cc1NC(=O)CC1(CC(=O)O)CCCC1. The number of carbonyl (C=O) groups is 2. The van der Waals surface area contributed by atoms with E-state index in [0.29, 0.717) is 0 Å². The van der Waals surface area contributed by atoms with Gasteiger partial charge >= 0.3 is 5.97 Å². The summed E-state index contributed by atoms with van der Waals surface area (Å²) in [5.41, 5.74) is 1.21. The molecule has 0 bridgehead atoms. The standard InChI is InChI=1S/C15H23N3O3/c1-3-11-12(10-18(2)17-11)16-13(19)8-15(9-14(20)21)6-4-5-7-15/h10H,3-9H2,1-2H3,(H,16,19)(H,20,21). The fourth-order valence-electron chi connectivity index (χ4n) is 3.30. The van der Waals surface area contributed by atoms with Gasteiger partial charge in [-0.25, -0.2) is 0 Å². The van der Waals surface area contributed by atoms with E-state index in [9.17, 15) is 9.59 Å². The number of aromatic nitrogens is 2. The Morgan fingerprint density at radius 2 is 2.05 bits per heavy atom. The number of nitrogens with zero attached hydrogens (tertiary/aromatic N) is 2. The van der Waals surface area contributed by atoms with Crippen LogP contribution in [0.5, 0.6) is 0 Å². The number of carboxylic acids is 1. The minimum absolute atomic E-state index is 0.0775. The Morgan fingerprint density at radius 3 is 2.62 bits per heavy atom. The highest BCUT2D eigenvalue weighted by Crippen LogP contribution is 2.44. The quantitative estimate of drug-likeness (QED) is 0.843. The second-order valence-electron chi connectivity index (χ2n) is 6.02. The molecular weight excluding hydrogens is 270 g/mol. The molecule has 1 saturated carbocycles. The Kier molecular flexibility index (Phi) is 4.65. The molecule has 1 aliphatic rings. The van der Waals surface area contributed by atoms with Gasteiger partial charge in [0.05, 0.1) is 17.8 Å². The zero-order chi connectivity index (χ0) is 15.5. The smallest absolute Gasteiger partial charge is 0.303 e. The highest BCUT2D eigenvalue weighted by molar-refractivity contribution is 5.92. The Bertz CT molecular complexity index is 530. The van der Waals surface area contributed by atoms with E-state index in [1.807, 2.05) is 14.0 Å². The Hall–Kier alpha value is -1.85. The molecule has 1 aliphatic carbocycles. The fraction of sp³-hybridized carbons (Fsp3) is 0.667. The van der Waals surface area contributed by atoms with E-state index in [0.717, 1.165) is 43.5 Å². The van der Waals surface area contributed by atoms with Gasteiger partial charge in [-0.15, -0.1) is 0 Å². The van der Waals surface area contributed by atoms with Gasteiger partial charge < -0.3 is 10.4 Å². The van der Waals surface area contributed by atoms with Gasteiger partial charge in [0, 0.05) is 19.7 Å².